The maximum Gasteiger partial charge on any atom is 0.162 e. The number of rotatable bonds is 7. The highest BCUT2D eigenvalue weighted by Gasteiger charge is 2.39. The lowest BCUT2D eigenvalue weighted by Crippen LogP contribution is -2.27. The SMILES string of the molecule is CCOC(C1CC1)C(O)c1c(OC)cnn1CC. The van der Waals surface area contributed by atoms with Gasteiger partial charge in [0, 0.05) is 13.2 Å². The van der Waals surface area contributed by atoms with Crippen molar-refractivity contribution in [2.75, 3.05) is 13.7 Å². The minimum Gasteiger partial charge on any atom is -0.493 e. The number of aliphatic hydroxyl groups is 1. The van der Waals surface area contributed by atoms with Gasteiger partial charge in [-0.3, -0.25) is 4.68 Å². The first kappa shape index (κ1) is 13.4. The van der Waals surface area contributed by atoms with E-state index in [1.54, 1.807) is 18.0 Å². The Kier molecular flexibility index (Phi) is 4.24. The molecule has 2 rings (SSSR count). The molecule has 0 radical (unpaired) electrons. The third-order valence-corrected chi connectivity index (χ3v) is 3.40. The number of nitrogens with zero attached hydrogens (tertiary/aromatic N) is 2. The van der Waals surface area contributed by atoms with Crippen molar-refractivity contribution < 1.29 is 14.6 Å². The maximum absolute atomic E-state index is 10.6. The lowest BCUT2D eigenvalue weighted by atomic mass is 10.1. The van der Waals surface area contributed by atoms with Gasteiger partial charge in [0.15, 0.2) is 5.75 Å². The van der Waals surface area contributed by atoms with Gasteiger partial charge in [-0.25, -0.2) is 0 Å². The van der Waals surface area contributed by atoms with E-state index < -0.39 is 6.10 Å². The molecule has 1 saturated carbocycles. The van der Waals surface area contributed by atoms with Crippen molar-refractivity contribution in [2.24, 2.45) is 5.92 Å². The van der Waals surface area contributed by atoms with Crippen LogP contribution in [0.3, 0.4) is 0 Å². The van der Waals surface area contributed by atoms with Crippen LogP contribution in [0.4, 0.5) is 0 Å². The summed E-state index contributed by atoms with van der Waals surface area (Å²) in [5.41, 5.74) is 0.727. The van der Waals surface area contributed by atoms with E-state index in [0.29, 0.717) is 24.8 Å². The quantitative estimate of drug-likeness (QED) is 0.805. The zero-order valence-electron chi connectivity index (χ0n) is 11.3. The molecule has 0 bridgehead atoms. The molecule has 5 heteroatoms. The Hall–Kier alpha value is -1.07. The van der Waals surface area contributed by atoms with Gasteiger partial charge in [-0.1, -0.05) is 0 Å². The molecule has 1 fully saturated rings. The molecule has 1 heterocycles. The van der Waals surface area contributed by atoms with Crippen LogP contribution in [0.2, 0.25) is 0 Å². The smallest absolute Gasteiger partial charge is 0.162 e. The number of ether oxygens (including phenoxy) is 2. The maximum atomic E-state index is 10.6. The van der Waals surface area contributed by atoms with E-state index in [-0.39, 0.29) is 6.10 Å². The van der Waals surface area contributed by atoms with E-state index in [0.717, 1.165) is 18.5 Å². The van der Waals surface area contributed by atoms with Crippen LogP contribution in [0, 0.1) is 5.92 Å². The first-order valence-electron chi connectivity index (χ1n) is 6.62. The van der Waals surface area contributed by atoms with Crippen molar-refractivity contribution >= 4 is 0 Å². The summed E-state index contributed by atoms with van der Waals surface area (Å²) in [7, 11) is 1.60. The van der Waals surface area contributed by atoms with Crippen LogP contribution in [-0.2, 0) is 11.3 Å². The van der Waals surface area contributed by atoms with Crippen LogP contribution in [0.15, 0.2) is 6.20 Å². The van der Waals surface area contributed by atoms with Gasteiger partial charge in [-0.05, 0) is 32.6 Å². The summed E-state index contributed by atoms with van der Waals surface area (Å²) in [5.74, 6) is 1.10. The molecule has 0 saturated heterocycles. The zero-order valence-corrected chi connectivity index (χ0v) is 11.3. The fourth-order valence-electron chi connectivity index (χ4n) is 2.34. The second-order valence-electron chi connectivity index (χ2n) is 4.62. The van der Waals surface area contributed by atoms with Gasteiger partial charge >= 0.3 is 0 Å². The summed E-state index contributed by atoms with van der Waals surface area (Å²) in [6.07, 6.45) is 3.09. The van der Waals surface area contributed by atoms with Gasteiger partial charge in [0.1, 0.15) is 11.8 Å². The molecular formula is C13H22N2O3. The summed E-state index contributed by atoms with van der Waals surface area (Å²) in [4.78, 5) is 0. The molecule has 0 aromatic carbocycles. The van der Waals surface area contributed by atoms with E-state index >= 15 is 0 Å². The summed E-state index contributed by atoms with van der Waals surface area (Å²) < 4.78 is 12.8. The lowest BCUT2D eigenvalue weighted by Gasteiger charge is -2.24. The highest BCUT2D eigenvalue weighted by Crippen LogP contribution is 2.41. The average Bonchev–Trinajstić information content (AvgIpc) is 3.13. The lowest BCUT2D eigenvalue weighted by molar-refractivity contribution is -0.0503. The Morgan fingerprint density at radius 3 is 2.72 bits per heavy atom. The molecule has 0 amide bonds. The molecular weight excluding hydrogens is 232 g/mol. The normalized spacial score (nSPS) is 18.7. The van der Waals surface area contributed by atoms with Crippen LogP contribution >= 0.6 is 0 Å². The second-order valence-corrected chi connectivity index (χ2v) is 4.62. The van der Waals surface area contributed by atoms with Crippen molar-refractivity contribution in [3.05, 3.63) is 11.9 Å². The Morgan fingerprint density at radius 2 is 2.22 bits per heavy atom. The fourth-order valence-corrected chi connectivity index (χ4v) is 2.34. The number of aryl methyl sites for hydroxylation is 1. The van der Waals surface area contributed by atoms with Gasteiger partial charge in [-0.15, -0.1) is 0 Å². The van der Waals surface area contributed by atoms with E-state index in [1.807, 2.05) is 13.8 Å². The summed E-state index contributed by atoms with van der Waals surface area (Å²) in [5, 5.41) is 14.8. The van der Waals surface area contributed by atoms with E-state index in [2.05, 4.69) is 5.10 Å². The van der Waals surface area contributed by atoms with Crippen LogP contribution in [0.1, 0.15) is 38.5 Å². The molecule has 5 nitrogen and oxygen atoms in total. The Morgan fingerprint density at radius 1 is 1.50 bits per heavy atom. The molecule has 1 aliphatic rings. The predicted molar refractivity (Wildman–Crippen MR) is 67.6 cm³/mol. The first-order valence-corrected chi connectivity index (χ1v) is 6.62. The fraction of sp³-hybridized carbons (Fsp3) is 0.769. The molecule has 1 N–H and O–H groups in total. The largest absolute Gasteiger partial charge is 0.493 e. The van der Waals surface area contributed by atoms with Crippen molar-refractivity contribution in [3.63, 3.8) is 0 Å². The number of hydrogen-bond donors (Lipinski definition) is 1. The molecule has 2 unspecified atom stereocenters. The highest BCUT2D eigenvalue weighted by atomic mass is 16.5. The number of hydrogen-bond acceptors (Lipinski definition) is 4. The van der Waals surface area contributed by atoms with Crippen LogP contribution in [0.25, 0.3) is 0 Å². The van der Waals surface area contributed by atoms with E-state index in [1.165, 1.54) is 0 Å². The molecule has 1 aromatic rings. The summed E-state index contributed by atoms with van der Waals surface area (Å²) in [6.45, 7) is 5.27. The molecule has 0 aliphatic heterocycles. The van der Waals surface area contributed by atoms with Crippen molar-refractivity contribution in [3.8, 4) is 5.75 Å². The number of aromatic nitrogens is 2. The second kappa shape index (κ2) is 5.71. The standard InChI is InChI=1S/C13H22N2O3/c1-4-15-11(10(17-3)8-14-15)12(16)13(18-5-2)9-6-7-9/h8-9,12-13,16H,4-7H2,1-3H3. The highest BCUT2D eigenvalue weighted by molar-refractivity contribution is 5.28. The Labute approximate surface area is 108 Å². The predicted octanol–water partition coefficient (Wildman–Crippen LogP) is 1.76. The number of methoxy groups -OCH3 is 1. The minimum absolute atomic E-state index is 0.147. The van der Waals surface area contributed by atoms with Gasteiger partial charge < -0.3 is 14.6 Å². The Balaban J connectivity index is 2.24. The van der Waals surface area contributed by atoms with Crippen LogP contribution in [0.5, 0.6) is 5.75 Å². The molecule has 0 spiro atoms. The van der Waals surface area contributed by atoms with Crippen molar-refractivity contribution in [1.82, 2.24) is 9.78 Å². The molecule has 1 aromatic heterocycles. The zero-order chi connectivity index (χ0) is 13.1. The van der Waals surface area contributed by atoms with Gasteiger partial charge in [0.25, 0.3) is 0 Å². The van der Waals surface area contributed by atoms with E-state index in [9.17, 15) is 5.11 Å². The molecule has 1 aliphatic carbocycles. The van der Waals surface area contributed by atoms with Gasteiger partial charge in [0.2, 0.25) is 0 Å². The Bertz CT molecular complexity index is 366. The van der Waals surface area contributed by atoms with Crippen LogP contribution in [-0.4, -0.2) is 34.7 Å². The van der Waals surface area contributed by atoms with Crippen molar-refractivity contribution in [2.45, 2.75) is 45.4 Å². The summed E-state index contributed by atoms with van der Waals surface area (Å²) >= 11 is 0. The molecule has 2 atom stereocenters. The third-order valence-electron chi connectivity index (χ3n) is 3.40. The van der Waals surface area contributed by atoms with Crippen LogP contribution < -0.4 is 4.74 Å². The van der Waals surface area contributed by atoms with E-state index in [4.69, 9.17) is 9.47 Å². The monoisotopic (exact) mass is 254 g/mol. The first-order chi connectivity index (χ1) is 8.72. The third kappa shape index (κ3) is 2.52. The van der Waals surface area contributed by atoms with Gasteiger partial charge in [0.05, 0.1) is 19.4 Å². The van der Waals surface area contributed by atoms with Crippen molar-refractivity contribution in [1.29, 1.82) is 0 Å². The summed E-state index contributed by atoms with van der Waals surface area (Å²) in [6, 6.07) is 0. The van der Waals surface area contributed by atoms with Gasteiger partial charge in [-0.2, -0.15) is 5.10 Å². The minimum atomic E-state index is -0.671. The molecule has 18 heavy (non-hydrogen) atoms. The number of aliphatic hydroxyl groups excluding tert-OH is 1. The average molecular weight is 254 g/mol. The molecule has 102 valence electrons. The topological polar surface area (TPSA) is 56.5 Å².